The molecule has 1 aliphatic heterocycles. The summed E-state index contributed by atoms with van der Waals surface area (Å²) in [5.41, 5.74) is 2.07. The van der Waals surface area contributed by atoms with Gasteiger partial charge in [0.1, 0.15) is 11.4 Å². The molecule has 7 nitrogen and oxygen atoms in total. The fourth-order valence-corrected chi connectivity index (χ4v) is 1.57. The molecule has 0 bridgehead atoms. The first-order valence-electron chi connectivity index (χ1n) is 6.54. The van der Waals surface area contributed by atoms with E-state index in [1.54, 1.807) is 26.8 Å². The zero-order valence-electron chi connectivity index (χ0n) is 12.5. The van der Waals surface area contributed by atoms with Gasteiger partial charge in [0, 0.05) is 0 Å². The molecule has 1 heterocycles. The summed E-state index contributed by atoms with van der Waals surface area (Å²) in [6.45, 7) is 8.92. The summed E-state index contributed by atoms with van der Waals surface area (Å²) in [5, 5.41) is 13.7. The number of hydrazone groups is 1. The van der Waals surface area contributed by atoms with Gasteiger partial charge in [0.2, 0.25) is 0 Å². The van der Waals surface area contributed by atoms with E-state index in [0.717, 1.165) is 4.90 Å². The number of amides is 1. The minimum Gasteiger partial charge on any atom is -0.510 e. The van der Waals surface area contributed by atoms with Gasteiger partial charge in [-0.25, -0.2) is 4.79 Å². The lowest BCUT2D eigenvalue weighted by atomic mass is 10.1. The quantitative estimate of drug-likeness (QED) is 0.354. The molecule has 0 aliphatic carbocycles. The molecule has 1 aliphatic rings. The van der Waals surface area contributed by atoms with Crippen molar-refractivity contribution in [2.24, 2.45) is 5.10 Å². The van der Waals surface area contributed by atoms with Gasteiger partial charge in [-0.15, -0.1) is 6.58 Å². The molecule has 21 heavy (non-hydrogen) atoms. The van der Waals surface area contributed by atoms with Crippen molar-refractivity contribution in [3.63, 3.8) is 0 Å². The van der Waals surface area contributed by atoms with Crippen LogP contribution in [-0.4, -0.2) is 53.3 Å². The molecule has 0 aromatic heterocycles. The number of aliphatic hydroxyl groups is 1. The van der Waals surface area contributed by atoms with Gasteiger partial charge in [0.25, 0.3) is 0 Å². The number of ether oxygens (including phenoxy) is 1. The molecule has 0 aromatic carbocycles. The Bertz CT molecular complexity index is 489. The van der Waals surface area contributed by atoms with Crippen LogP contribution in [0.25, 0.3) is 0 Å². The van der Waals surface area contributed by atoms with Gasteiger partial charge in [-0.2, -0.15) is 5.10 Å². The molecule has 2 N–H and O–H groups in total. The first kappa shape index (κ1) is 16.7. The SMILES string of the molecule is C=CCNN=CC1=C(O)CN(C(=O)OC(C)(C)C)CC1=O. The third-order valence-corrected chi connectivity index (χ3v) is 2.46. The van der Waals surface area contributed by atoms with Crippen LogP contribution < -0.4 is 5.43 Å². The summed E-state index contributed by atoms with van der Waals surface area (Å²) >= 11 is 0. The lowest BCUT2D eigenvalue weighted by molar-refractivity contribution is -0.117. The molecule has 1 amide bonds. The van der Waals surface area contributed by atoms with Gasteiger partial charge in [-0.3, -0.25) is 9.69 Å². The Balaban J connectivity index is 2.74. The Kier molecular flexibility index (Phi) is 5.52. The summed E-state index contributed by atoms with van der Waals surface area (Å²) in [6.07, 6.45) is 2.22. The molecule has 0 aromatic rings. The highest BCUT2D eigenvalue weighted by Crippen LogP contribution is 2.16. The Morgan fingerprint density at radius 3 is 2.71 bits per heavy atom. The zero-order valence-corrected chi connectivity index (χ0v) is 12.5. The Morgan fingerprint density at radius 2 is 2.19 bits per heavy atom. The largest absolute Gasteiger partial charge is 0.510 e. The van der Waals surface area contributed by atoms with Gasteiger partial charge < -0.3 is 15.3 Å². The summed E-state index contributed by atoms with van der Waals surface area (Å²) in [5.74, 6) is -0.602. The maximum absolute atomic E-state index is 11.9. The summed E-state index contributed by atoms with van der Waals surface area (Å²) in [4.78, 5) is 25.0. The minimum atomic E-state index is -0.657. The average Bonchev–Trinajstić information content (AvgIpc) is 2.34. The van der Waals surface area contributed by atoms with E-state index in [4.69, 9.17) is 4.74 Å². The van der Waals surface area contributed by atoms with E-state index in [9.17, 15) is 14.7 Å². The molecule has 0 saturated heterocycles. The van der Waals surface area contributed by atoms with Crippen molar-refractivity contribution in [1.29, 1.82) is 0 Å². The molecule has 0 fully saturated rings. The predicted octanol–water partition coefficient (Wildman–Crippen LogP) is 1.38. The van der Waals surface area contributed by atoms with Crippen LogP contribution in [0.3, 0.4) is 0 Å². The van der Waals surface area contributed by atoms with Gasteiger partial charge in [-0.1, -0.05) is 6.08 Å². The van der Waals surface area contributed by atoms with E-state index in [0.29, 0.717) is 6.54 Å². The van der Waals surface area contributed by atoms with Crippen molar-refractivity contribution in [2.75, 3.05) is 19.6 Å². The monoisotopic (exact) mass is 295 g/mol. The topological polar surface area (TPSA) is 91.2 Å². The number of nitrogens with one attached hydrogen (secondary N) is 1. The highest BCUT2D eigenvalue weighted by Gasteiger charge is 2.30. The molecule has 7 heteroatoms. The van der Waals surface area contributed by atoms with Crippen molar-refractivity contribution in [3.05, 3.63) is 24.0 Å². The van der Waals surface area contributed by atoms with Crippen LogP contribution in [-0.2, 0) is 9.53 Å². The van der Waals surface area contributed by atoms with Gasteiger partial charge >= 0.3 is 6.09 Å². The van der Waals surface area contributed by atoms with E-state index in [1.807, 2.05) is 0 Å². The van der Waals surface area contributed by atoms with Gasteiger partial charge in [0.15, 0.2) is 5.78 Å². The first-order chi connectivity index (χ1) is 9.74. The highest BCUT2D eigenvalue weighted by molar-refractivity contribution is 6.15. The van der Waals surface area contributed by atoms with E-state index in [1.165, 1.54) is 6.21 Å². The van der Waals surface area contributed by atoms with Gasteiger partial charge in [-0.05, 0) is 20.8 Å². The Morgan fingerprint density at radius 1 is 1.52 bits per heavy atom. The standard InChI is InChI=1S/C14H21N3O4/c1-5-6-15-16-7-10-11(18)8-17(9-12(10)19)13(20)21-14(2,3)4/h5,7,15,18H,1,6,8-9H2,2-4H3. The van der Waals surface area contributed by atoms with Crippen molar-refractivity contribution in [1.82, 2.24) is 10.3 Å². The van der Waals surface area contributed by atoms with Crippen LogP contribution in [0.2, 0.25) is 0 Å². The zero-order chi connectivity index (χ0) is 16.0. The fraction of sp³-hybridized carbons (Fsp3) is 0.500. The molecule has 0 atom stereocenters. The van der Waals surface area contributed by atoms with Crippen LogP contribution in [0.4, 0.5) is 4.79 Å². The molecule has 0 spiro atoms. The molecule has 1 rings (SSSR count). The van der Waals surface area contributed by atoms with E-state index in [2.05, 4.69) is 17.1 Å². The second-order valence-electron chi connectivity index (χ2n) is 5.53. The van der Waals surface area contributed by atoms with Crippen molar-refractivity contribution < 1.29 is 19.4 Å². The third-order valence-electron chi connectivity index (χ3n) is 2.46. The number of aliphatic hydroxyl groups excluding tert-OH is 1. The first-order valence-corrected chi connectivity index (χ1v) is 6.54. The van der Waals surface area contributed by atoms with Crippen LogP contribution in [0, 0.1) is 0 Å². The number of hydrogen-bond donors (Lipinski definition) is 2. The highest BCUT2D eigenvalue weighted by atomic mass is 16.6. The fourth-order valence-electron chi connectivity index (χ4n) is 1.57. The van der Waals surface area contributed by atoms with Gasteiger partial charge in [0.05, 0.1) is 31.4 Å². The molecule has 0 radical (unpaired) electrons. The average molecular weight is 295 g/mol. The van der Waals surface area contributed by atoms with Crippen LogP contribution in [0.1, 0.15) is 20.8 Å². The predicted molar refractivity (Wildman–Crippen MR) is 79.2 cm³/mol. The number of carbonyl (C=O) groups is 2. The second kappa shape index (κ2) is 6.92. The summed E-state index contributed by atoms with van der Waals surface area (Å²) < 4.78 is 5.17. The van der Waals surface area contributed by atoms with Crippen LogP contribution in [0.5, 0.6) is 0 Å². The van der Waals surface area contributed by atoms with E-state index in [-0.39, 0.29) is 24.4 Å². The minimum absolute atomic E-state index is 0.0799. The summed E-state index contributed by atoms with van der Waals surface area (Å²) in [7, 11) is 0. The van der Waals surface area contributed by atoms with Crippen molar-refractivity contribution >= 4 is 18.1 Å². The Hall–Kier alpha value is -2.31. The van der Waals surface area contributed by atoms with E-state index < -0.39 is 17.5 Å². The van der Waals surface area contributed by atoms with Crippen molar-refractivity contribution in [3.8, 4) is 0 Å². The number of carbonyl (C=O) groups excluding carboxylic acids is 2. The summed E-state index contributed by atoms with van der Waals surface area (Å²) in [6, 6.07) is 0. The lowest BCUT2D eigenvalue weighted by Crippen LogP contribution is -2.44. The van der Waals surface area contributed by atoms with Crippen molar-refractivity contribution in [2.45, 2.75) is 26.4 Å². The lowest BCUT2D eigenvalue weighted by Gasteiger charge is -2.29. The normalized spacial score (nSPS) is 16.3. The maximum Gasteiger partial charge on any atom is 0.411 e. The van der Waals surface area contributed by atoms with Crippen LogP contribution in [0.15, 0.2) is 29.1 Å². The molecule has 0 saturated carbocycles. The molecular formula is C14H21N3O4. The molecular weight excluding hydrogens is 274 g/mol. The number of nitrogens with zero attached hydrogens (tertiary/aromatic N) is 2. The Labute approximate surface area is 124 Å². The molecule has 116 valence electrons. The third kappa shape index (κ3) is 5.29. The molecule has 0 unspecified atom stereocenters. The number of ketones is 1. The smallest absolute Gasteiger partial charge is 0.411 e. The van der Waals surface area contributed by atoms with E-state index >= 15 is 0 Å². The second-order valence-corrected chi connectivity index (χ2v) is 5.53. The van der Waals surface area contributed by atoms with Crippen LogP contribution >= 0.6 is 0 Å². The number of hydrogen-bond acceptors (Lipinski definition) is 6. The maximum atomic E-state index is 11.9. The number of rotatable bonds is 4. The number of Topliss-reactive ketones (excluding diaryl/α,β-unsaturated/α-hetero) is 1.